The summed E-state index contributed by atoms with van der Waals surface area (Å²) in [5, 5.41) is 5.50. The summed E-state index contributed by atoms with van der Waals surface area (Å²) in [6.07, 6.45) is 1.46. The maximum absolute atomic E-state index is 13.1. The monoisotopic (exact) mass is 409 g/mol. The van der Waals surface area contributed by atoms with Crippen LogP contribution in [-0.2, 0) is 11.3 Å². The number of fused-ring (bicyclic) bond motifs is 1. The van der Waals surface area contributed by atoms with Crippen molar-refractivity contribution in [3.05, 3.63) is 74.3 Å². The molecule has 3 aromatic heterocycles. The van der Waals surface area contributed by atoms with Crippen LogP contribution in [0, 0.1) is 6.92 Å². The Morgan fingerprint density at radius 1 is 1.21 bits per heavy atom. The van der Waals surface area contributed by atoms with Gasteiger partial charge in [0.25, 0.3) is 5.56 Å². The van der Waals surface area contributed by atoms with E-state index in [9.17, 15) is 9.59 Å². The Kier molecular flexibility index (Phi) is 5.11. The summed E-state index contributed by atoms with van der Waals surface area (Å²) < 4.78 is 1.39. The number of benzene rings is 1. The van der Waals surface area contributed by atoms with E-state index in [4.69, 9.17) is 0 Å². The van der Waals surface area contributed by atoms with Gasteiger partial charge in [0.1, 0.15) is 11.4 Å². The average molecular weight is 410 g/mol. The molecule has 5 nitrogen and oxygen atoms in total. The van der Waals surface area contributed by atoms with Gasteiger partial charge in [-0.25, -0.2) is 4.98 Å². The van der Waals surface area contributed by atoms with Crippen molar-refractivity contribution in [2.75, 3.05) is 0 Å². The summed E-state index contributed by atoms with van der Waals surface area (Å²) in [4.78, 5) is 32.9. The zero-order valence-corrected chi connectivity index (χ0v) is 17.1. The number of nitrogens with one attached hydrogen (secondary N) is 1. The summed E-state index contributed by atoms with van der Waals surface area (Å²) in [6.45, 7) is 3.87. The Hall–Kier alpha value is -2.77. The fraction of sp³-hybridized carbons (Fsp3) is 0.190. The third-order valence-electron chi connectivity index (χ3n) is 4.58. The molecule has 0 aliphatic heterocycles. The number of carbonyl (C=O) groups excluding carboxylic acids is 1. The maximum atomic E-state index is 13.1. The fourth-order valence-electron chi connectivity index (χ4n) is 3.25. The Morgan fingerprint density at radius 2 is 2.00 bits per heavy atom. The molecule has 0 bridgehead atoms. The second-order valence-electron chi connectivity index (χ2n) is 6.56. The first-order chi connectivity index (χ1) is 13.5. The van der Waals surface area contributed by atoms with Gasteiger partial charge in [0, 0.05) is 15.3 Å². The standard InChI is InChI=1S/C21H19N3O2S2/c1-13(16-9-6-10-27-16)23-17(25)11-24-12-22-20-19(21(24)26)18(14(2)28-20)15-7-4-3-5-8-15/h3-10,12-13H,11H2,1-2H3,(H,23,25)/t13-/m0/s1. The number of amides is 1. The Labute approximate surface area is 170 Å². The molecule has 0 spiro atoms. The molecule has 0 aliphatic carbocycles. The second-order valence-corrected chi connectivity index (χ2v) is 8.74. The second kappa shape index (κ2) is 7.69. The summed E-state index contributed by atoms with van der Waals surface area (Å²) in [6, 6.07) is 13.7. The van der Waals surface area contributed by atoms with E-state index in [2.05, 4.69) is 10.3 Å². The van der Waals surface area contributed by atoms with Crippen molar-refractivity contribution in [2.24, 2.45) is 0 Å². The predicted octanol–water partition coefficient (Wildman–Crippen LogP) is 4.37. The first-order valence-corrected chi connectivity index (χ1v) is 10.6. The van der Waals surface area contributed by atoms with Crippen molar-refractivity contribution in [1.82, 2.24) is 14.9 Å². The minimum Gasteiger partial charge on any atom is -0.347 e. The van der Waals surface area contributed by atoms with Crippen molar-refractivity contribution >= 4 is 38.8 Å². The molecule has 3 heterocycles. The maximum Gasteiger partial charge on any atom is 0.263 e. The molecule has 1 N–H and O–H groups in total. The molecule has 1 amide bonds. The quantitative estimate of drug-likeness (QED) is 0.532. The Balaban J connectivity index is 1.66. The minimum atomic E-state index is -0.211. The molecule has 0 fully saturated rings. The van der Waals surface area contributed by atoms with Crippen molar-refractivity contribution in [2.45, 2.75) is 26.4 Å². The molecule has 142 valence electrons. The average Bonchev–Trinajstić information content (AvgIpc) is 3.32. The van der Waals surface area contributed by atoms with Gasteiger partial charge in [-0.1, -0.05) is 36.4 Å². The van der Waals surface area contributed by atoms with Gasteiger partial charge in [-0.15, -0.1) is 22.7 Å². The first-order valence-electron chi connectivity index (χ1n) is 8.91. The van der Waals surface area contributed by atoms with Crippen LogP contribution < -0.4 is 10.9 Å². The lowest BCUT2D eigenvalue weighted by Gasteiger charge is -2.13. The van der Waals surface area contributed by atoms with Gasteiger partial charge in [0.15, 0.2) is 0 Å². The predicted molar refractivity (Wildman–Crippen MR) is 115 cm³/mol. The summed E-state index contributed by atoms with van der Waals surface area (Å²) in [7, 11) is 0. The molecule has 0 unspecified atom stereocenters. The van der Waals surface area contributed by atoms with Gasteiger partial charge in [0.2, 0.25) is 5.91 Å². The molecule has 4 aromatic rings. The summed E-state index contributed by atoms with van der Waals surface area (Å²) >= 11 is 3.09. The summed E-state index contributed by atoms with van der Waals surface area (Å²) in [5.74, 6) is -0.211. The van der Waals surface area contributed by atoms with Crippen LogP contribution in [0.2, 0.25) is 0 Å². The molecular weight excluding hydrogens is 390 g/mol. The minimum absolute atomic E-state index is 0.0549. The zero-order valence-electron chi connectivity index (χ0n) is 15.5. The number of hydrogen-bond donors (Lipinski definition) is 1. The molecule has 4 rings (SSSR count). The van der Waals surface area contributed by atoms with Gasteiger partial charge in [0.05, 0.1) is 17.8 Å². The van der Waals surface area contributed by atoms with Crippen LogP contribution in [-0.4, -0.2) is 15.5 Å². The van der Waals surface area contributed by atoms with Crippen molar-refractivity contribution < 1.29 is 4.79 Å². The summed E-state index contributed by atoms with van der Waals surface area (Å²) in [5.41, 5.74) is 1.70. The topological polar surface area (TPSA) is 64.0 Å². The highest BCUT2D eigenvalue weighted by molar-refractivity contribution is 7.19. The number of carbonyl (C=O) groups is 1. The lowest BCUT2D eigenvalue weighted by Crippen LogP contribution is -2.33. The van der Waals surface area contributed by atoms with Crippen LogP contribution in [0.1, 0.15) is 22.7 Å². The molecule has 7 heteroatoms. The van der Waals surface area contributed by atoms with Crippen LogP contribution in [0.4, 0.5) is 0 Å². The van der Waals surface area contributed by atoms with Crippen LogP contribution in [0.5, 0.6) is 0 Å². The number of nitrogens with zero attached hydrogens (tertiary/aromatic N) is 2. The van der Waals surface area contributed by atoms with Gasteiger partial charge in [-0.2, -0.15) is 0 Å². The van der Waals surface area contributed by atoms with E-state index in [1.54, 1.807) is 11.3 Å². The number of thiophene rings is 2. The zero-order chi connectivity index (χ0) is 19.7. The highest BCUT2D eigenvalue weighted by Crippen LogP contribution is 2.35. The number of aromatic nitrogens is 2. The van der Waals surface area contributed by atoms with Gasteiger partial charge in [-0.3, -0.25) is 14.2 Å². The molecule has 0 saturated heterocycles. The Bertz CT molecular complexity index is 1180. The molecule has 0 radical (unpaired) electrons. The van der Waals surface area contributed by atoms with Crippen molar-refractivity contribution in [1.29, 1.82) is 0 Å². The van der Waals surface area contributed by atoms with Gasteiger partial charge >= 0.3 is 0 Å². The Morgan fingerprint density at radius 3 is 2.71 bits per heavy atom. The molecule has 1 atom stereocenters. The lowest BCUT2D eigenvalue weighted by atomic mass is 10.0. The van der Waals surface area contributed by atoms with Crippen molar-refractivity contribution in [3.63, 3.8) is 0 Å². The van der Waals surface area contributed by atoms with Crippen molar-refractivity contribution in [3.8, 4) is 11.1 Å². The number of rotatable bonds is 5. The largest absolute Gasteiger partial charge is 0.347 e. The molecule has 0 aliphatic rings. The third-order valence-corrected chi connectivity index (χ3v) is 6.65. The highest BCUT2D eigenvalue weighted by Gasteiger charge is 2.18. The third kappa shape index (κ3) is 3.50. The van der Waals surface area contributed by atoms with E-state index in [1.165, 1.54) is 22.2 Å². The van der Waals surface area contributed by atoms with Crippen LogP contribution >= 0.6 is 22.7 Å². The van der Waals surface area contributed by atoms with Crippen LogP contribution in [0.3, 0.4) is 0 Å². The molecular formula is C21H19N3O2S2. The van der Waals surface area contributed by atoms with E-state index < -0.39 is 0 Å². The number of aryl methyl sites for hydroxylation is 1. The van der Waals surface area contributed by atoms with Gasteiger partial charge < -0.3 is 5.32 Å². The fourth-order valence-corrected chi connectivity index (χ4v) is 4.99. The van der Waals surface area contributed by atoms with E-state index in [1.807, 2.05) is 61.7 Å². The van der Waals surface area contributed by atoms with E-state index in [-0.39, 0.29) is 24.1 Å². The molecule has 1 aromatic carbocycles. The van der Waals surface area contributed by atoms with Gasteiger partial charge in [-0.05, 0) is 30.9 Å². The molecule has 28 heavy (non-hydrogen) atoms. The van der Waals surface area contributed by atoms with Crippen LogP contribution in [0.25, 0.3) is 21.3 Å². The van der Waals surface area contributed by atoms with Crippen LogP contribution in [0.15, 0.2) is 59.0 Å². The SMILES string of the molecule is Cc1sc2ncn(CC(=O)N[C@@H](C)c3cccs3)c(=O)c2c1-c1ccccc1. The highest BCUT2D eigenvalue weighted by atomic mass is 32.1. The molecule has 0 saturated carbocycles. The van der Waals surface area contributed by atoms with E-state index in [0.717, 1.165) is 20.9 Å². The first kappa shape index (κ1) is 18.6. The lowest BCUT2D eigenvalue weighted by molar-refractivity contribution is -0.122. The smallest absolute Gasteiger partial charge is 0.263 e. The normalized spacial score (nSPS) is 12.2. The van der Waals surface area contributed by atoms with E-state index in [0.29, 0.717) is 10.2 Å². The van der Waals surface area contributed by atoms with E-state index >= 15 is 0 Å². The number of hydrogen-bond acceptors (Lipinski definition) is 5.